The molecule has 0 spiro atoms. The third kappa shape index (κ3) is 2.99. The summed E-state index contributed by atoms with van der Waals surface area (Å²) in [6.07, 6.45) is -4.70. The topological polar surface area (TPSA) is 35.2 Å². The molecule has 0 saturated heterocycles. The van der Waals surface area contributed by atoms with Crippen molar-refractivity contribution in [2.45, 2.75) is 12.2 Å². The molecule has 16 heavy (non-hydrogen) atoms. The molecule has 0 aliphatic rings. The highest BCUT2D eigenvalue weighted by Crippen LogP contribution is 2.36. The highest BCUT2D eigenvalue weighted by molar-refractivity contribution is 5.85. The van der Waals surface area contributed by atoms with E-state index in [4.69, 9.17) is 5.73 Å². The molecule has 1 aromatic rings. The molecule has 1 atom stereocenters. The van der Waals surface area contributed by atoms with Crippen molar-refractivity contribution in [3.63, 3.8) is 0 Å². The zero-order valence-corrected chi connectivity index (χ0v) is 9.03. The first-order valence-electron chi connectivity index (χ1n) is 4.02. The molecule has 0 saturated carbocycles. The molecule has 0 aromatic heterocycles. The minimum atomic E-state index is -4.70. The first kappa shape index (κ1) is 15.0. The maximum absolute atomic E-state index is 13.2. The molecule has 1 rings (SSSR count). The molecule has 92 valence electrons. The molecular formula is C9H10ClF4NO. The van der Waals surface area contributed by atoms with E-state index in [0.29, 0.717) is 0 Å². The molecule has 0 aliphatic carbocycles. The Morgan fingerprint density at radius 2 is 1.88 bits per heavy atom. The number of nitrogens with two attached hydrogens (primary N) is 1. The van der Waals surface area contributed by atoms with Crippen LogP contribution in [0.25, 0.3) is 0 Å². The summed E-state index contributed by atoms with van der Waals surface area (Å²) in [6, 6.07) is 1.00. The normalized spacial score (nSPS) is 12.9. The van der Waals surface area contributed by atoms with Crippen molar-refractivity contribution < 1.29 is 22.3 Å². The number of rotatable bonds is 2. The van der Waals surface area contributed by atoms with Crippen LogP contribution in [0.2, 0.25) is 0 Å². The third-order valence-corrected chi connectivity index (χ3v) is 1.90. The molecule has 0 fully saturated rings. The summed E-state index contributed by atoms with van der Waals surface area (Å²) in [4.78, 5) is 0. The molecule has 0 unspecified atom stereocenters. The smallest absolute Gasteiger partial charge is 0.407 e. The molecule has 2 N–H and O–H groups in total. The van der Waals surface area contributed by atoms with Gasteiger partial charge in [-0.05, 0) is 12.1 Å². The Morgan fingerprint density at radius 3 is 2.31 bits per heavy atom. The van der Waals surface area contributed by atoms with Gasteiger partial charge in [0.15, 0.2) is 0 Å². The van der Waals surface area contributed by atoms with Crippen LogP contribution in [0.15, 0.2) is 18.2 Å². The van der Waals surface area contributed by atoms with Crippen molar-refractivity contribution in [1.82, 2.24) is 0 Å². The molecule has 1 aromatic carbocycles. The predicted octanol–water partition coefficient (Wildman–Crippen LogP) is 2.82. The second-order valence-corrected chi connectivity index (χ2v) is 2.88. The van der Waals surface area contributed by atoms with Crippen LogP contribution >= 0.6 is 12.4 Å². The van der Waals surface area contributed by atoms with Gasteiger partial charge >= 0.3 is 6.18 Å². The highest BCUT2D eigenvalue weighted by atomic mass is 35.5. The van der Waals surface area contributed by atoms with Crippen molar-refractivity contribution in [2.24, 2.45) is 5.73 Å². The largest absolute Gasteiger partial charge is 0.496 e. The van der Waals surface area contributed by atoms with Crippen LogP contribution in [0.3, 0.4) is 0 Å². The third-order valence-electron chi connectivity index (χ3n) is 1.90. The van der Waals surface area contributed by atoms with Crippen LogP contribution in [0.5, 0.6) is 5.75 Å². The Morgan fingerprint density at radius 1 is 1.31 bits per heavy atom. The SMILES string of the molecule is COc1cccc(F)c1[C@H](N)C(F)(F)F.Cl. The lowest BCUT2D eigenvalue weighted by Gasteiger charge is -2.18. The van der Waals surface area contributed by atoms with Crippen LogP contribution in [0.1, 0.15) is 11.6 Å². The van der Waals surface area contributed by atoms with E-state index in [0.717, 1.165) is 13.2 Å². The number of alkyl halides is 3. The monoisotopic (exact) mass is 259 g/mol. The molecule has 0 radical (unpaired) electrons. The van der Waals surface area contributed by atoms with Crippen molar-refractivity contribution in [3.8, 4) is 5.75 Å². The fraction of sp³-hybridized carbons (Fsp3) is 0.333. The van der Waals surface area contributed by atoms with Gasteiger partial charge in [-0.2, -0.15) is 13.2 Å². The lowest BCUT2D eigenvalue weighted by atomic mass is 10.1. The van der Waals surface area contributed by atoms with Gasteiger partial charge in [0.05, 0.1) is 12.7 Å². The Labute approximate surface area is 95.8 Å². The minimum Gasteiger partial charge on any atom is -0.496 e. The maximum atomic E-state index is 13.2. The van der Waals surface area contributed by atoms with Gasteiger partial charge in [0.2, 0.25) is 0 Å². The standard InChI is InChI=1S/C9H9F4NO.ClH/c1-15-6-4-2-3-5(10)7(6)8(14)9(11,12)13;/h2-4,8H,14H2,1H3;1H/t8-;/m0./s1. The van der Waals surface area contributed by atoms with E-state index >= 15 is 0 Å². The van der Waals surface area contributed by atoms with E-state index in [2.05, 4.69) is 4.74 Å². The van der Waals surface area contributed by atoms with E-state index in [1.54, 1.807) is 0 Å². The number of methoxy groups -OCH3 is 1. The summed E-state index contributed by atoms with van der Waals surface area (Å²) in [5, 5.41) is 0. The van der Waals surface area contributed by atoms with Gasteiger partial charge in [-0.25, -0.2) is 4.39 Å². The van der Waals surface area contributed by atoms with Gasteiger partial charge in [0, 0.05) is 0 Å². The lowest BCUT2D eigenvalue weighted by molar-refractivity contribution is -0.150. The van der Waals surface area contributed by atoms with Gasteiger partial charge in [0.1, 0.15) is 17.6 Å². The van der Waals surface area contributed by atoms with E-state index < -0.39 is 23.6 Å². The number of ether oxygens (including phenoxy) is 1. The fourth-order valence-corrected chi connectivity index (χ4v) is 1.16. The lowest BCUT2D eigenvalue weighted by Crippen LogP contribution is -2.29. The Bertz CT molecular complexity index is 356. The summed E-state index contributed by atoms with van der Waals surface area (Å²) in [6.45, 7) is 0. The molecule has 2 nitrogen and oxygen atoms in total. The Balaban J connectivity index is 0.00000225. The Hall–Kier alpha value is -1.01. The summed E-state index contributed by atoms with van der Waals surface area (Å²) in [5.74, 6) is -1.24. The van der Waals surface area contributed by atoms with Crippen LogP contribution < -0.4 is 10.5 Å². The summed E-state index contributed by atoms with van der Waals surface area (Å²) >= 11 is 0. The van der Waals surface area contributed by atoms with Crippen LogP contribution in [0.4, 0.5) is 17.6 Å². The maximum Gasteiger partial charge on any atom is 0.407 e. The van der Waals surface area contributed by atoms with Gasteiger partial charge < -0.3 is 10.5 Å². The number of hydrogen-bond donors (Lipinski definition) is 1. The predicted molar refractivity (Wildman–Crippen MR) is 53.2 cm³/mol. The van der Waals surface area contributed by atoms with E-state index in [1.165, 1.54) is 12.1 Å². The van der Waals surface area contributed by atoms with Crippen molar-refractivity contribution in [2.75, 3.05) is 7.11 Å². The van der Waals surface area contributed by atoms with E-state index in [-0.39, 0.29) is 18.2 Å². The van der Waals surface area contributed by atoms with Crippen molar-refractivity contribution >= 4 is 12.4 Å². The van der Waals surface area contributed by atoms with Crippen molar-refractivity contribution in [3.05, 3.63) is 29.6 Å². The first-order valence-corrected chi connectivity index (χ1v) is 4.02. The number of halogens is 5. The average molecular weight is 260 g/mol. The van der Waals surface area contributed by atoms with E-state index in [1.807, 2.05) is 0 Å². The average Bonchev–Trinajstić information content (AvgIpc) is 2.15. The molecular weight excluding hydrogens is 250 g/mol. The van der Waals surface area contributed by atoms with Gasteiger partial charge in [-0.3, -0.25) is 0 Å². The summed E-state index contributed by atoms with van der Waals surface area (Å²) in [5.41, 5.74) is 4.23. The van der Waals surface area contributed by atoms with Gasteiger partial charge in [0.25, 0.3) is 0 Å². The number of benzene rings is 1. The summed E-state index contributed by atoms with van der Waals surface area (Å²) in [7, 11) is 1.15. The first-order chi connectivity index (χ1) is 6.88. The molecule has 7 heteroatoms. The molecule has 0 heterocycles. The van der Waals surface area contributed by atoms with Gasteiger partial charge in [-0.15, -0.1) is 12.4 Å². The zero-order chi connectivity index (χ0) is 11.6. The van der Waals surface area contributed by atoms with Crippen LogP contribution in [-0.2, 0) is 0 Å². The van der Waals surface area contributed by atoms with Crippen molar-refractivity contribution in [1.29, 1.82) is 0 Å². The minimum absolute atomic E-state index is 0. The fourth-order valence-electron chi connectivity index (χ4n) is 1.16. The second kappa shape index (κ2) is 5.36. The Kier molecular flexibility index (Phi) is 5.02. The number of hydrogen-bond acceptors (Lipinski definition) is 2. The van der Waals surface area contributed by atoms with Crippen LogP contribution in [-0.4, -0.2) is 13.3 Å². The van der Waals surface area contributed by atoms with Gasteiger partial charge in [-0.1, -0.05) is 6.07 Å². The molecule has 0 aliphatic heterocycles. The van der Waals surface area contributed by atoms with Crippen LogP contribution in [0, 0.1) is 5.82 Å². The molecule has 0 amide bonds. The zero-order valence-electron chi connectivity index (χ0n) is 8.22. The second-order valence-electron chi connectivity index (χ2n) is 2.88. The summed E-state index contributed by atoms with van der Waals surface area (Å²) < 4.78 is 54.6. The quantitative estimate of drug-likeness (QED) is 0.829. The molecule has 0 bridgehead atoms. The highest BCUT2D eigenvalue weighted by Gasteiger charge is 2.40. The van der Waals surface area contributed by atoms with E-state index in [9.17, 15) is 17.6 Å².